The van der Waals surface area contributed by atoms with Crippen molar-refractivity contribution in [3.8, 4) is 0 Å². The van der Waals surface area contributed by atoms with E-state index in [1.165, 1.54) is 25.5 Å². The van der Waals surface area contributed by atoms with E-state index < -0.39 is 0 Å². The molecule has 0 bridgehead atoms. The fraction of sp³-hybridized carbons (Fsp3) is 0.143. The van der Waals surface area contributed by atoms with Gasteiger partial charge >= 0.3 is 0 Å². The van der Waals surface area contributed by atoms with Crippen molar-refractivity contribution in [2.75, 3.05) is 0 Å². The Hall–Kier alpha value is -0.540. The minimum atomic E-state index is 0.905. The molecule has 0 heterocycles. The zero-order valence-electron chi connectivity index (χ0n) is 8.63. The van der Waals surface area contributed by atoms with Gasteiger partial charge in [0.2, 0.25) is 0 Å². The fourth-order valence-corrected chi connectivity index (χ4v) is 3.64. The lowest BCUT2D eigenvalue weighted by atomic mass is 9.94. The number of allylic oxidation sites excluding steroid dienone is 1. The van der Waals surface area contributed by atoms with E-state index in [4.69, 9.17) is 11.6 Å². The molecule has 0 spiro atoms. The van der Waals surface area contributed by atoms with Gasteiger partial charge in [-0.15, -0.1) is 0 Å². The molecule has 0 N–H and O–H groups in total. The minimum Gasteiger partial charge on any atom is -0.0835 e. The SMILES string of the molecule is Clc1c2c(c(I)c3ccccc13)CCC=C2. The molecule has 0 saturated heterocycles. The number of benzene rings is 2. The Morgan fingerprint density at radius 3 is 2.69 bits per heavy atom. The first-order valence-corrected chi connectivity index (χ1v) is 6.80. The maximum absolute atomic E-state index is 6.48. The van der Waals surface area contributed by atoms with Crippen molar-refractivity contribution in [2.24, 2.45) is 0 Å². The van der Waals surface area contributed by atoms with Gasteiger partial charge in [0.25, 0.3) is 0 Å². The molecule has 16 heavy (non-hydrogen) atoms. The fourth-order valence-electron chi connectivity index (χ4n) is 2.27. The van der Waals surface area contributed by atoms with Crippen molar-refractivity contribution >= 4 is 51.0 Å². The second kappa shape index (κ2) is 4.04. The largest absolute Gasteiger partial charge is 0.0835 e. The van der Waals surface area contributed by atoms with Crippen molar-refractivity contribution < 1.29 is 0 Å². The van der Waals surface area contributed by atoms with Crippen molar-refractivity contribution in [2.45, 2.75) is 12.8 Å². The van der Waals surface area contributed by atoms with Crippen LogP contribution in [-0.2, 0) is 6.42 Å². The van der Waals surface area contributed by atoms with Gasteiger partial charge in [0.1, 0.15) is 0 Å². The van der Waals surface area contributed by atoms with Gasteiger partial charge in [-0.1, -0.05) is 48.0 Å². The van der Waals surface area contributed by atoms with Crippen LogP contribution in [0, 0.1) is 3.57 Å². The molecule has 1 aliphatic rings. The van der Waals surface area contributed by atoms with Crippen LogP contribution in [0.1, 0.15) is 17.5 Å². The molecule has 0 atom stereocenters. The molecule has 2 aromatic carbocycles. The van der Waals surface area contributed by atoms with Gasteiger partial charge < -0.3 is 0 Å². The molecule has 1 aliphatic carbocycles. The van der Waals surface area contributed by atoms with Gasteiger partial charge in [0.05, 0.1) is 5.02 Å². The number of fused-ring (bicyclic) bond motifs is 2. The van der Waals surface area contributed by atoms with Crippen LogP contribution in [0.25, 0.3) is 16.8 Å². The lowest BCUT2D eigenvalue weighted by molar-refractivity contribution is 0.982. The van der Waals surface area contributed by atoms with Crippen LogP contribution >= 0.6 is 34.2 Å². The van der Waals surface area contributed by atoms with Crippen LogP contribution in [0.2, 0.25) is 5.02 Å². The monoisotopic (exact) mass is 340 g/mol. The molecule has 2 aromatic rings. The Morgan fingerprint density at radius 2 is 1.88 bits per heavy atom. The summed E-state index contributed by atoms with van der Waals surface area (Å²) < 4.78 is 1.36. The highest BCUT2D eigenvalue weighted by molar-refractivity contribution is 14.1. The zero-order chi connectivity index (χ0) is 11.1. The Kier molecular flexibility index (Phi) is 2.68. The maximum atomic E-state index is 6.48. The van der Waals surface area contributed by atoms with Gasteiger partial charge in [-0.2, -0.15) is 0 Å². The molecule has 2 heteroatoms. The summed E-state index contributed by atoms with van der Waals surface area (Å²) in [6.45, 7) is 0. The molecular formula is C14H10ClI. The van der Waals surface area contributed by atoms with Crippen LogP contribution in [0.3, 0.4) is 0 Å². The summed E-state index contributed by atoms with van der Waals surface area (Å²) in [7, 11) is 0. The summed E-state index contributed by atoms with van der Waals surface area (Å²) in [6.07, 6.45) is 6.60. The minimum absolute atomic E-state index is 0.905. The topological polar surface area (TPSA) is 0 Å². The molecule has 0 saturated carbocycles. The van der Waals surface area contributed by atoms with Crippen LogP contribution in [0.5, 0.6) is 0 Å². The molecule has 0 fully saturated rings. The van der Waals surface area contributed by atoms with E-state index in [9.17, 15) is 0 Å². The van der Waals surface area contributed by atoms with Gasteiger partial charge in [0.15, 0.2) is 0 Å². The summed E-state index contributed by atoms with van der Waals surface area (Å²) in [5.74, 6) is 0. The average Bonchev–Trinajstić information content (AvgIpc) is 2.36. The Labute approximate surface area is 113 Å². The van der Waals surface area contributed by atoms with Crippen molar-refractivity contribution in [3.63, 3.8) is 0 Å². The normalized spacial score (nSPS) is 14.1. The summed E-state index contributed by atoms with van der Waals surface area (Å²) in [6, 6.07) is 8.37. The summed E-state index contributed by atoms with van der Waals surface area (Å²) in [5, 5.41) is 3.35. The summed E-state index contributed by atoms with van der Waals surface area (Å²) in [4.78, 5) is 0. The van der Waals surface area contributed by atoms with Crippen LogP contribution in [0.15, 0.2) is 30.3 Å². The van der Waals surface area contributed by atoms with Gasteiger partial charge in [-0.3, -0.25) is 0 Å². The van der Waals surface area contributed by atoms with Crippen molar-refractivity contribution in [1.29, 1.82) is 0 Å². The molecule has 3 rings (SSSR count). The average molecular weight is 341 g/mol. The van der Waals surface area contributed by atoms with Crippen molar-refractivity contribution in [1.82, 2.24) is 0 Å². The van der Waals surface area contributed by atoms with Crippen LogP contribution in [0.4, 0.5) is 0 Å². The third-order valence-electron chi connectivity index (χ3n) is 3.07. The van der Waals surface area contributed by atoms with E-state index in [1.54, 1.807) is 0 Å². The van der Waals surface area contributed by atoms with E-state index >= 15 is 0 Å². The molecule has 0 unspecified atom stereocenters. The highest BCUT2D eigenvalue weighted by Gasteiger charge is 2.16. The molecule has 0 aliphatic heterocycles. The highest BCUT2D eigenvalue weighted by atomic mass is 127. The van der Waals surface area contributed by atoms with E-state index in [1.807, 2.05) is 6.07 Å². The first-order valence-electron chi connectivity index (χ1n) is 5.34. The second-order valence-electron chi connectivity index (χ2n) is 4.01. The van der Waals surface area contributed by atoms with E-state index in [0.717, 1.165) is 17.9 Å². The Morgan fingerprint density at radius 1 is 1.12 bits per heavy atom. The van der Waals surface area contributed by atoms with Crippen molar-refractivity contribution in [3.05, 3.63) is 50.1 Å². The van der Waals surface area contributed by atoms with Gasteiger partial charge in [-0.25, -0.2) is 0 Å². The first-order chi connectivity index (χ1) is 7.79. The van der Waals surface area contributed by atoms with Crippen LogP contribution < -0.4 is 0 Å². The highest BCUT2D eigenvalue weighted by Crippen LogP contribution is 2.37. The smallest absolute Gasteiger partial charge is 0.0560 e. The molecule has 80 valence electrons. The second-order valence-corrected chi connectivity index (χ2v) is 5.46. The molecular weight excluding hydrogens is 331 g/mol. The molecule has 0 radical (unpaired) electrons. The lowest BCUT2D eigenvalue weighted by Gasteiger charge is -2.17. The number of halogens is 2. The van der Waals surface area contributed by atoms with Gasteiger partial charge in [-0.05, 0) is 51.9 Å². The lowest BCUT2D eigenvalue weighted by Crippen LogP contribution is -1.99. The Bertz CT molecular complexity index is 599. The maximum Gasteiger partial charge on any atom is 0.0560 e. The third kappa shape index (κ3) is 1.49. The summed E-state index contributed by atoms with van der Waals surface area (Å²) >= 11 is 8.92. The van der Waals surface area contributed by atoms with E-state index in [-0.39, 0.29) is 0 Å². The third-order valence-corrected chi connectivity index (χ3v) is 4.71. The van der Waals surface area contributed by atoms with E-state index in [0.29, 0.717) is 0 Å². The number of rotatable bonds is 0. The first kappa shape index (κ1) is 10.6. The standard InChI is InChI=1S/C14H10ClI/c15-13-9-5-1-3-7-11(9)14(16)12-8-4-2-6-10(12)13/h1-3,5-7H,4,8H2. The zero-order valence-corrected chi connectivity index (χ0v) is 11.5. The van der Waals surface area contributed by atoms with Crippen LogP contribution in [-0.4, -0.2) is 0 Å². The number of hydrogen-bond acceptors (Lipinski definition) is 0. The van der Waals surface area contributed by atoms with E-state index in [2.05, 4.69) is 52.9 Å². The predicted molar refractivity (Wildman–Crippen MR) is 79.0 cm³/mol. The quantitative estimate of drug-likeness (QED) is 0.588. The number of hydrogen-bond donors (Lipinski definition) is 0. The molecule has 0 nitrogen and oxygen atoms in total. The molecule has 0 aromatic heterocycles. The predicted octanol–water partition coefficient (Wildman–Crippen LogP) is 5.06. The summed E-state index contributed by atoms with van der Waals surface area (Å²) in [5.41, 5.74) is 2.63. The Balaban J connectivity index is 2.50. The van der Waals surface area contributed by atoms with Gasteiger partial charge in [0, 0.05) is 8.96 Å². The molecule has 0 amide bonds.